The SMILES string of the molecule is CNCCc1cc(OC)c2oc(C)cc2c1. The number of furan rings is 1. The van der Waals surface area contributed by atoms with Gasteiger partial charge in [-0.25, -0.2) is 0 Å². The molecule has 0 amide bonds. The second kappa shape index (κ2) is 4.58. The summed E-state index contributed by atoms with van der Waals surface area (Å²) < 4.78 is 11.0. The molecule has 3 nitrogen and oxygen atoms in total. The van der Waals surface area contributed by atoms with E-state index >= 15 is 0 Å². The highest BCUT2D eigenvalue weighted by Gasteiger charge is 2.08. The molecule has 16 heavy (non-hydrogen) atoms. The summed E-state index contributed by atoms with van der Waals surface area (Å²) in [5.41, 5.74) is 2.10. The van der Waals surface area contributed by atoms with E-state index in [0.29, 0.717) is 0 Å². The van der Waals surface area contributed by atoms with E-state index in [4.69, 9.17) is 9.15 Å². The molecule has 0 aliphatic heterocycles. The number of nitrogens with one attached hydrogen (secondary N) is 1. The summed E-state index contributed by atoms with van der Waals surface area (Å²) >= 11 is 0. The van der Waals surface area contributed by atoms with Crippen molar-refractivity contribution in [2.45, 2.75) is 13.3 Å². The van der Waals surface area contributed by atoms with E-state index in [2.05, 4.69) is 11.4 Å². The molecule has 0 fully saturated rings. The van der Waals surface area contributed by atoms with E-state index in [9.17, 15) is 0 Å². The topological polar surface area (TPSA) is 34.4 Å². The Hall–Kier alpha value is -1.48. The predicted octanol–water partition coefficient (Wildman–Crippen LogP) is 2.51. The fraction of sp³-hybridized carbons (Fsp3) is 0.385. The average Bonchev–Trinajstić information content (AvgIpc) is 2.65. The van der Waals surface area contributed by atoms with Gasteiger partial charge in [-0.2, -0.15) is 0 Å². The Bertz CT molecular complexity index is 488. The van der Waals surface area contributed by atoms with Crippen molar-refractivity contribution < 1.29 is 9.15 Å². The number of aryl methyl sites for hydroxylation is 1. The minimum atomic E-state index is 0.816. The van der Waals surface area contributed by atoms with Crippen LogP contribution in [0.1, 0.15) is 11.3 Å². The van der Waals surface area contributed by atoms with Crippen LogP contribution in [0.5, 0.6) is 5.75 Å². The molecule has 1 heterocycles. The van der Waals surface area contributed by atoms with Crippen molar-refractivity contribution in [3.05, 3.63) is 29.5 Å². The van der Waals surface area contributed by atoms with Crippen molar-refractivity contribution in [1.82, 2.24) is 5.32 Å². The van der Waals surface area contributed by atoms with Gasteiger partial charge >= 0.3 is 0 Å². The lowest BCUT2D eigenvalue weighted by atomic mass is 10.1. The Morgan fingerprint density at radius 2 is 2.12 bits per heavy atom. The molecule has 0 aliphatic carbocycles. The van der Waals surface area contributed by atoms with Crippen molar-refractivity contribution in [2.24, 2.45) is 0 Å². The van der Waals surface area contributed by atoms with Crippen LogP contribution in [0.4, 0.5) is 0 Å². The molecular formula is C13H17NO2. The number of benzene rings is 1. The zero-order chi connectivity index (χ0) is 11.5. The summed E-state index contributed by atoms with van der Waals surface area (Å²) in [6, 6.07) is 6.25. The number of hydrogen-bond acceptors (Lipinski definition) is 3. The molecule has 0 aliphatic rings. The first-order valence-corrected chi connectivity index (χ1v) is 5.46. The lowest BCUT2D eigenvalue weighted by Gasteiger charge is -2.05. The molecule has 2 aromatic rings. The van der Waals surface area contributed by atoms with Crippen LogP contribution < -0.4 is 10.1 Å². The molecule has 0 bridgehead atoms. The molecule has 0 radical (unpaired) electrons. The molecule has 0 atom stereocenters. The lowest BCUT2D eigenvalue weighted by molar-refractivity contribution is 0.408. The predicted molar refractivity (Wildman–Crippen MR) is 65.1 cm³/mol. The van der Waals surface area contributed by atoms with Gasteiger partial charge in [0.1, 0.15) is 5.76 Å². The Balaban J connectivity index is 2.45. The number of hydrogen-bond donors (Lipinski definition) is 1. The van der Waals surface area contributed by atoms with Crippen molar-refractivity contribution in [3.8, 4) is 5.75 Å². The quantitative estimate of drug-likeness (QED) is 0.858. The highest BCUT2D eigenvalue weighted by molar-refractivity contribution is 5.84. The number of likely N-dealkylation sites (N-methyl/N-ethyl adjacent to an activating group) is 1. The Morgan fingerprint density at radius 1 is 1.31 bits per heavy atom. The van der Waals surface area contributed by atoms with Gasteiger partial charge in [-0.1, -0.05) is 0 Å². The fourth-order valence-corrected chi connectivity index (χ4v) is 1.87. The van der Waals surface area contributed by atoms with Gasteiger partial charge in [0.25, 0.3) is 0 Å². The molecule has 0 saturated carbocycles. The standard InChI is InChI=1S/C13H17NO2/c1-9-6-11-7-10(4-5-14-2)8-12(15-3)13(11)16-9/h6-8,14H,4-5H2,1-3H3. The maximum atomic E-state index is 5.61. The summed E-state index contributed by atoms with van der Waals surface area (Å²) in [5, 5.41) is 4.26. The highest BCUT2D eigenvalue weighted by atomic mass is 16.5. The number of fused-ring (bicyclic) bond motifs is 1. The smallest absolute Gasteiger partial charge is 0.176 e. The van der Waals surface area contributed by atoms with E-state index in [1.54, 1.807) is 7.11 Å². The summed E-state index contributed by atoms with van der Waals surface area (Å²) in [4.78, 5) is 0. The van der Waals surface area contributed by atoms with Gasteiger partial charge in [-0.15, -0.1) is 0 Å². The molecule has 1 aromatic heterocycles. The van der Waals surface area contributed by atoms with Gasteiger partial charge in [-0.05, 0) is 50.7 Å². The molecule has 0 spiro atoms. The van der Waals surface area contributed by atoms with Crippen LogP contribution in [0.3, 0.4) is 0 Å². The maximum absolute atomic E-state index is 5.61. The first-order valence-electron chi connectivity index (χ1n) is 5.46. The third-order valence-corrected chi connectivity index (χ3v) is 2.65. The Labute approximate surface area is 95.4 Å². The van der Waals surface area contributed by atoms with E-state index < -0.39 is 0 Å². The minimum absolute atomic E-state index is 0.816. The zero-order valence-corrected chi connectivity index (χ0v) is 9.96. The van der Waals surface area contributed by atoms with Crippen LogP contribution in [0.25, 0.3) is 11.0 Å². The van der Waals surface area contributed by atoms with Gasteiger partial charge < -0.3 is 14.5 Å². The van der Waals surface area contributed by atoms with Gasteiger partial charge in [0.2, 0.25) is 0 Å². The second-order valence-corrected chi connectivity index (χ2v) is 3.93. The van der Waals surface area contributed by atoms with E-state index in [1.807, 2.05) is 26.1 Å². The first-order chi connectivity index (χ1) is 7.74. The van der Waals surface area contributed by atoms with Crippen LogP contribution in [0, 0.1) is 6.92 Å². The third kappa shape index (κ3) is 2.04. The van der Waals surface area contributed by atoms with Gasteiger partial charge in [0.15, 0.2) is 11.3 Å². The van der Waals surface area contributed by atoms with Gasteiger partial charge in [-0.3, -0.25) is 0 Å². The normalized spacial score (nSPS) is 10.9. The van der Waals surface area contributed by atoms with Crippen molar-refractivity contribution >= 4 is 11.0 Å². The average molecular weight is 219 g/mol. The molecule has 0 saturated heterocycles. The van der Waals surface area contributed by atoms with Gasteiger partial charge in [0.05, 0.1) is 7.11 Å². The third-order valence-electron chi connectivity index (χ3n) is 2.65. The van der Waals surface area contributed by atoms with Crippen LogP contribution in [0.2, 0.25) is 0 Å². The highest BCUT2D eigenvalue weighted by Crippen LogP contribution is 2.30. The maximum Gasteiger partial charge on any atom is 0.176 e. The molecule has 1 N–H and O–H groups in total. The van der Waals surface area contributed by atoms with E-state index in [0.717, 1.165) is 35.4 Å². The van der Waals surface area contributed by atoms with Crippen LogP contribution in [-0.4, -0.2) is 20.7 Å². The Kier molecular flexibility index (Phi) is 3.15. The zero-order valence-electron chi connectivity index (χ0n) is 9.96. The number of methoxy groups -OCH3 is 1. The number of rotatable bonds is 4. The summed E-state index contributed by atoms with van der Waals surface area (Å²) in [5.74, 6) is 1.73. The molecule has 2 rings (SSSR count). The largest absolute Gasteiger partial charge is 0.493 e. The van der Waals surface area contributed by atoms with Gasteiger partial charge in [0, 0.05) is 5.39 Å². The summed E-state index contributed by atoms with van der Waals surface area (Å²) in [7, 11) is 3.63. The minimum Gasteiger partial charge on any atom is -0.493 e. The fourth-order valence-electron chi connectivity index (χ4n) is 1.87. The van der Waals surface area contributed by atoms with E-state index in [-0.39, 0.29) is 0 Å². The van der Waals surface area contributed by atoms with Crippen LogP contribution in [-0.2, 0) is 6.42 Å². The number of ether oxygens (including phenoxy) is 1. The summed E-state index contributed by atoms with van der Waals surface area (Å²) in [6.07, 6.45) is 0.993. The molecule has 86 valence electrons. The van der Waals surface area contributed by atoms with Crippen molar-refractivity contribution in [3.63, 3.8) is 0 Å². The van der Waals surface area contributed by atoms with Crippen LogP contribution in [0.15, 0.2) is 22.6 Å². The second-order valence-electron chi connectivity index (χ2n) is 3.93. The first kappa shape index (κ1) is 11.0. The van der Waals surface area contributed by atoms with Crippen molar-refractivity contribution in [1.29, 1.82) is 0 Å². The molecule has 0 unspecified atom stereocenters. The lowest BCUT2D eigenvalue weighted by Crippen LogP contribution is -2.10. The summed E-state index contributed by atoms with van der Waals surface area (Å²) in [6.45, 7) is 2.91. The Morgan fingerprint density at radius 3 is 2.81 bits per heavy atom. The van der Waals surface area contributed by atoms with E-state index in [1.165, 1.54) is 5.56 Å². The monoisotopic (exact) mass is 219 g/mol. The van der Waals surface area contributed by atoms with Crippen LogP contribution >= 0.6 is 0 Å². The molecular weight excluding hydrogens is 202 g/mol. The molecule has 1 aromatic carbocycles. The molecule has 3 heteroatoms. The van der Waals surface area contributed by atoms with Crippen molar-refractivity contribution in [2.75, 3.05) is 20.7 Å².